The molecule has 1 aliphatic heterocycles. The molecule has 0 aromatic rings. The van der Waals surface area contributed by atoms with Gasteiger partial charge in [-0.05, 0) is 46.5 Å². The quantitative estimate of drug-likeness (QED) is 0.699. The molecule has 0 aromatic carbocycles. The fourth-order valence-corrected chi connectivity index (χ4v) is 3.15. The van der Waals surface area contributed by atoms with Gasteiger partial charge in [0, 0.05) is 24.5 Å². The Bertz CT molecular complexity index is 353. The van der Waals surface area contributed by atoms with E-state index in [2.05, 4.69) is 0 Å². The second-order valence-corrected chi connectivity index (χ2v) is 7.06. The van der Waals surface area contributed by atoms with Gasteiger partial charge in [-0.2, -0.15) is 0 Å². The molecule has 2 rings (SSSR count). The summed E-state index contributed by atoms with van der Waals surface area (Å²) in [5.74, 6) is 0. The molecule has 19 heavy (non-hydrogen) atoms. The molecular weight excluding hydrogens is 244 g/mol. The zero-order chi connectivity index (χ0) is 14.3. The third-order valence-corrected chi connectivity index (χ3v) is 4.28. The normalized spacial score (nSPS) is 35.7. The molecule has 1 spiro atoms. The number of aliphatic hydroxyl groups excluding tert-OH is 1. The highest BCUT2D eigenvalue weighted by atomic mass is 16.6. The van der Waals surface area contributed by atoms with E-state index in [-0.39, 0.29) is 17.6 Å². The van der Waals surface area contributed by atoms with Crippen LogP contribution in [0.3, 0.4) is 0 Å². The molecule has 1 heterocycles. The summed E-state index contributed by atoms with van der Waals surface area (Å²) in [6.45, 7) is 6.86. The van der Waals surface area contributed by atoms with Crippen molar-refractivity contribution in [2.45, 2.75) is 64.2 Å². The van der Waals surface area contributed by atoms with Crippen molar-refractivity contribution in [1.82, 2.24) is 4.90 Å². The van der Waals surface area contributed by atoms with Gasteiger partial charge in [-0.15, -0.1) is 0 Å². The number of ether oxygens (including phenoxy) is 1. The van der Waals surface area contributed by atoms with Crippen LogP contribution in [0.5, 0.6) is 0 Å². The van der Waals surface area contributed by atoms with Crippen molar-refractivity contribution in [3.63, 3.8) is 0 Å². The van der Waals surface area contributed by atoms with E-state index in [1.165, 1.54) is 0 Å². The molecular formula is C14H26N2O3. The van der Waals surface area contributed by atoms with Crippen molar-refractivity contribution >= 4 is 6.09 Å². The number of hydrogen-bond donors (Lipinski definition) is 2. The first-order valence-electron chi connectivity index (χ1n) is 7.13. The van der Waals surface area contributed by atoms with Crippen molar-refractivity contribution < 1.29 is 14.6 Å². The monoisotopic (exact) mass is 270 g/mol. The molecule has 1 saturated heterocycles. The Balaban J connectivity index is 1.97. The summed E-state index contributed by atoms with van der Waals surface area (Å²) < 4.78 is 5.39. The molecule has 3 unspecified atom stereocenters. The predicted molar refractivity (Wildman–Crippen MR) is 72.7 cm³/mol. The van der Waals surface area contributed by atoms with Crippen LogP contribution in [0.2, 0.25) is 0 Å². The van der Waals surface area contributed by atoms with Gasteiger partial charge in [-0.1, -0.05) is 0 Å². The van der Waals surface area contributed by atoms with Gasteiger partial charge >= 0.3 is 6.09 Å². The van der Waals surface area contributed by atoms with Gasteiger partial charge in [-0.3, -0.25) is 0 Å². The second kappa shape index (κ2) is 4.94. The highest BCUT2D eigenvalue weighted by Gasteiger charge is 2.48. The van der Waals surface area contributed by atoms with Crippen LogP contribution in [0.1, 0.15) is 46.5 Å². The molecule has 110 valence electrons. The summed E-state index contributed by atoms with van der Waals surface area (Å²) in [5.41, 5.74) is 5.26. The van der Waals surface area contributed by atoms with Gasteiger partial charge in [0.1, 0.15) is 5.60 Å². The average Bonchev–Trinajstić information content (AvgIpc) is 2.68. The summed E-state index contributed by atoms with van der Waals surface area (Å²) in [7, 11) is 0. The zero-order valence-corrected chi connectivity index (χ0v) is 12.2. The summed E-state index contributed by atoms with van der Waals surface area (Å²) in [6.07, 6.45) is 2.64. The molecule has 1 aliphatic carbocycles. The molecule has 3 N–H and O–H groups in total. The molecule has 0 aromatic heterocycles. The van der Waals surface area contributed by atoms with Gasteiger partial charge < -0.3 is 20.5 Å². The molecule has 2 aliphatic rings. The molecule has 1 saturated carbocycles. The fourth-order valence-electron chi connectivity index (χ4n) is 3.15. The minimum Gasteiger partial charge on any atom is -0.444 e. The Labute approximate surface area is 115 Å². The molecule has 5 heteroatoms. The van der Waals surface area contributed by atoms with E-state index in [1.54, 1.807) is 4.90 Å². The number of nitrogens with zero attached hydrogens (tertiary/aromatic N) is 1. The van der Waals surface area contributed by atoms with Crippen molar-refractivity contribution in [3.05, 3.63) is 0 Å². The summed E-state index contributed by atoms with van der Waals surface area (Å²) in [6, 6.07) is 0.0937. The first-order valence-corrected chi connectivity index (χ1v) is 7.13. The van der Waals surface area contributed by atoms with Gasteiger partial charge in [0.05, 0.1) is 6.10 Å². The molecule has 0 radical (unpaired) electrons. The topological polar surface area (TPSA) is 75.8 Å². The largest absolute Gasteiger partial charge is 0.444 e. The van der Waals surface area contributed by atoms with Crippen LogP contribution in [-0.4, -0.2) is 46.9 Å². The molecule has 1 amide bonds. The van der Waals surface area contributed by atoms with Crippen molar-refractivity contribution in [3.8, 4) is 0 Å². The highest BCUT2D eigenvalue weighted by molar-refractivity contribution is 5.68. The fraction of sp³-hybridized carbons (Fsp3) is 0.929. The number of likely N-dealkylation sites (tertiary alicyclic amines) is 1. The zero-order valence-electron chi connectivity index (χ0n) is 12.2. The first-order chi connectivity index (χ1) is 8.72. The number of rotatable bonds is 0. The molecule has 3 atom stereocenters. The standard InChI is InChI=1S/C14H26N2O3/c1-13(2,3)19-12(18)16-7-6-14(9-16)5-4-10(15)8-11(14)17/h10-11,17H,4-9,15H2,1-3H3. The molecule has 0 bridgehead atoms. The maximum Gasteiger partial charge on any atom is 0.410 e. The van der Waals surface area contributed by atoms with E-state index < -0.39 is 11.7 Å². The van der Waals surface area contributed by atoms with E-state index in [0.717, 1.165) is 19.3 Å². The van der Waals surface area contributed by atoms with Crippen molar-refractivity contribution in [2.75, 3.05) is 13.1 Å². The Hall–Kier alpha value is -0.810. The van der Waals surface area contributed by atoms with E-state index >= 15 is 0 Å². The van der Waals surface area contributed by atoms with Crippen molar-refractivity contribution in [1.29, 1.82) is 0 Å². The van der Waals surface area contributed by atoms with Crippen LogP contribution in [0.4, 0.5) is 4.79 Å². The van der Waals surface area contributed by atoms with Crippen LogP contribution in [0, 0.1) is 5.41 Å². The Morgan fingerprint density at radius 1 is 1.42 bits per heavy atom. The molecule has 2 fully saturated rings. The van der Waals surface area contributed by atoms with Gasteiger partial charge in [0.2, 0.25) is 0 Å². The first kappa shape index (κ1) is 14.6. The smallest absolute Gasteiger partial charge is 0.410 e. The lowest BCUT2D eigenvalue weighted by atomic mass is 9.70. The van der Waals surface area contributed by atoms with Crippen molar-refractivity contribution in [2.24, 2.45) is 11.1 Å². The third kappa shape index (κ3) is 3.20. The molecule has 5 nitrogen and oxygen atoms in total. The van der Waals surface area contributed by atoms with Crippen LogP contribution >= 0.6 is 0 Å². The maximum atomic E-state index is 12.1. The highest BCUT2D eigenvalue weighted by Crippen LogP contribution is 2.43. The van der Waals surface area contributed by atoms with Gasteiger partial charge in [0.15, 0.2) is 0 Å². The van der Waals surface area contributed by atoms with Gasteiger partial charge in [-0.25, -0.2) is 4.79 Å². The summed E-state index contributed by atoms with van der Waals surface area (Å²) in [4.78, 5) is 13.8. The predicted octanol–water partition coefficient (Wildman–Crippen LogP) is 1.49. The number of nitrogens with two attached hydrogens (primary N) is 1. The average molecular weight is 270 g/mol. The number of hydrogen-bond acceptors (Lipinski definition) is 4. The number of aliphatic hydroxyl groups is 1. The lowest BCUT2D eigenvalue weighted by molar-refractivity contribution is -0.0159. The lowest BCUT2D eigenvalue weighted by Crippen LogP contribution is -2.47. The maximum absolute atomic E-state index is 12.1. The lowest BCUT2D eigenvalue weighted by Gasteiger charge is -2.40. The Kier molecular flexibility index (Phi) is 3.80. The Morgan fingerprint density at radius 3 is 2.68 bits per heavy atom. The third-order valence-electron chi connectivity index (χ3n) is 4.28. The van der Waals surface area contributed by atoms with E-state index in [4.69, 9.17) is 10.5 Å². The number of carbonyl (C=O) groups is 1. The van der Waals surface area contributed by atoms with E-state index in [0.29, 0.717) is 19.5 Å². The summed E-state index contributed by atoms with van der Waals surface area (Å²) >= 11 is 0. The number of carbonyl (C=O) groups excluding carboxylic acids is 1. The Morgan fingerprint density at radius 2 is 2.11 bits per heavy atom. The van der Waals surface area contributed by atoms with Crippen LogP contribution in [0.25, 0.3) is 0 Å². The summed E-state index contributed by atoms with van der Waals surface area (Å²) in [5, 5.41) is 10.3. The van der Waals surface area contributed by atoms with E-state index in [9.17, 15) is 9.90 Å². The SMILES string of the molecule is CC(C)(C)OC(=O)N1CCC2(CCC(N)CC2O)C1. The van der Waals surface area contributed by atoms with E-state index in [1.807, 2.05) is 20.8 Å². The van der Waals surface area contributed by atoms with Crippen LogP contribution < -0.4 is 5.73 Å². The minimum atomic E-state index is -0.472. The second-order valence-electron chi connectivity index (χ2n) is 7.06. The number of amides is 1. The minimum absolute atomic E-state index is 0.0937. The van der Waals surface area contributed by atoms with Crippen LogP contribution in [-0.2, 0) is 4.74 Å². The van der Waals surface area contributed by atoms with Gasteiger partial charge in [0.25, 0.3) is 0 Å². The van der Waals surface area contributed by atoms with Crippen LogP contribution in [0.15, 0.2) is 0 Å².